The minimum Gasteiger partial charge on any atom is -0.496 e. The van der Waals surface area contributed by atoms with Crippen molar-refractivity contribution in [1.29, 1.82) is 0 Å². The molecule has 1 heterocycles. The van der Waals surface area contributed by atoms with Crippen LogP contribution in [0.15, 0.2) is 36.4 Å². The summed E-state index contributed by atoms with van der Waals surface area (Å²) in [4.78, 5) is 0. The highest BCUT2D eigenvalue weighted by Crippen LogP contribution is 2.53. The molecule has 2 aliphatic rings. The maximum absolute atomic E-state index is 11.2. The molecule has 4 nitrogen and oxygen atoms in total. The van der Waals surface area contributed by atoms with Gasteiger partial charge in [-0.3, -0.25) is 0 Å². The van der Waals surface area contributed by atoms with Gasteiger partial charge >= 0.3 is 0 Å². The van der Waals surface area contributed by atoms with Crippen LogP contribution < -0.4 is 14.2 Å². The summed E-state index contributed by atoms with van der Waals surface area (Å²) in [6.45, 7) is 0.287. The third-order valence-electron chi connectivity index (χ3n) is 5.03. The largest absolute Gasteiger partial charge is 0.496 e. The van der Waals surface area contributed by atoms with E-state index in [9.17, 15) is 5.11 Å². The van der Waals surface area contributed by atoms with Crippen LogP contribution in [0.4, 0.5) is 0 Å². The Balaban J connectivity index is 1.97. The van der Waals surface area contributed by atoms with E-state index in [1.165, 1.54) is 5.56 Å². The molecule has 1 aliphatic heterocycles. The molecule has 2 aromatic rings. The smallest absolute Gasteiger partial charge is 0.130 e. The number of hydrogen-bond acceptors (Lipinski definition) is 4. The van der Waals surface area contributed by atoms with Crippen molar-refractivity contribution in [1.82, 2.24) is 0 Å². The molecule has 0 bridgehead atoms. The van der Waals surface area contributed by atoms with Gasteiger partial charge in [-0.25, -0.2) is 0 Å². The second-order valence-electron chi connectivity index (χ2n) is 6.27. The molecule has 0 amide bonds. The highest BCUT2D eigenvalue weighted by molar-refractivity contribution is 5.59. The van der Waals surface area contributed by atoms with E-state index >= 15 is 0 Å². The number of hydrogen-bond donors (Lipinski definition) is 1. The zero-order valence-electron chi connectivity index (χ0n) is 13.3. The first-order valence-corrected chi connectivity index (χ1v) is 7.85. The fourth-order valence-electron chi connectivity index (χ4n) is 3.88. The predicted molar refractivity (Wildman–Crippen MR) is 86.6 cm³/mol. The van der Waals surface area contributed by atoms with Crippen molar-refractivity contribution in [2.45, 2.75) is 24.4 Å². The average Bonchev–Trinajstić information content (AvgIpc) is 2.60. The van der Waals surface area contributed by atoms with Gasteiger partial charge in [-0.15, -0.1) is 0 Å². The van der Waals surface area contributed by atoms with Crippen molar-refractivity contribution in [2.24, 2.45) is 0 Å². The Labute approximate surface area is 135 Å². The summed E-state index contributed by atoms with van der Waals surface area (Å²) < 4.78 is 16.8. The highest BCUT2D eigenvalue weighted by Gasteiger charge is 2.48. The van der Waals surface area contributed by atoms with Gasteiger partial charge in [0.15, 0.2) is 0 Å². The molecule has 0 saturated heterocycles. The molecule has 1 N–H and O–H groups in total. The van der Waals surface area contributed by atoms with Crippen molar-refractivity contribution < 1.29 is 19.3 Å². The molecule has 23 heavy (non-hydrogen) atoms. The van der Waals surface area contributed by atoms with Gasteiger partial charge in [-0.05, 0) is 24.0 Å². The SMILES string of the molecule is COc1cc(OC)c2c(c1)OC[C@@]1(O)CCc3ccccc3[C@H]21. The number of rotatable bonds is 2. The molecule has 0 spiro atoms. The summed E-state index contributed by atoms with van der Waals surface area (Å²) in [5.41, 5.74) is 2.46. The average molecular weight is 312 g/mol. The van der Waals surface area contributed by atoms with Gasteiger partial charge in [-0.2, -0.15) is 0 Å². The molecule has 0 aromatic heterocycles. The van der Waals surface area contributed by atoms with Gasteiger partial charge in [0, 0.05) is 23.6 Å². The van der Waals surface area contributed by atoms with Gasteiger partial charge in [0.2, 0.25) is 0 Å². The number of aryl methyl sites for hydroxylation is 1. The molecule has 4 heteroatoms. The minimum atomic E-state index is -0.900. The summed E-state index contributed by atoms with van der Waals surface area (Å²) >= 11 is 0. The summed E-state index contributed by atoms with van der Waals surface area (Å²) in [6, 6.07) is 12.0. The number of fused-ring (bicyclic) bond motifs is 5. The number of aliphatic hydroxyl groups is 1. The van der Waals surface area contributed by atoms with Gasteiger partial charge < -0.3 is 19.3 Å². The third kappa shape index (κ3) is 2.09. The molecular formula is C19H20O4. The van der Waals surface area contributed by atoms with E-state index in [-0.39, 0.29) is 12.5 Å². The lowest BCUT2D eigenvalue weighted by molar-refractivity contribution is -0.0435. The fourth-order valence-corrected chi connectivity index (χ4v) is 3.88. The molecule has 0 fully saturated rings. The Morgan fingerprint density at radius 3 is 2.78 bits per heavy atom. The Bertz CT molecular complexity index is 738. The first-order chi connectivity index (χ1) is 11.2. The van der Waals surface area contributed by atoms with Crippen molar-refractivity contribution >= 4 is 0 Å². The number of methoxy groups -OCH3 is 2. The minimum absolute atomic E-state index is 0.142. The van der Waals surface area contributed by atoms with E-state index in [0.717, 1.165) is 23.3 Å². The molecule has 1 aliphatic carbocycles. The van der Waals surface area contributed by atoms with Gasteiger partial charge in [0.1, 0.15) is 29.5 Å². The zero-order valence-corrected chi connectivity index (χ0v) is 13.3. The standard InChI is InChI=1S/C19H20O4/c1-21-13-9-15(22-2)17-16(10-13)23-11-19(20)8-7-12-5-3-4-6-14(12)18(17)19/h3-6,9-10,18,20H,7-8,11H2,1-2H3/t18-,19+/m1/s1. The second-order valence-corrected chi connectivity index (χ2v) is 6.27. The normalized spacial score (nSPS) is 24.7. The molecule has 0 radical (unpaired) electrons. The van der Waals surface area contributed by atoms with Gasteiger partial charge in [0.05, 0.1) is 14.2 Å². The van der Waals surface area contributed by atoms with E-state index in [4.69, 9.17) is 14.2 Å². The van der Waals surface area contributed by atoms with Crippen molar-refractivity contribution in [3.05, 3.63) is 53.1 Å². The highest BCUT2D eigenvalue weighted by atomic mass is 16.5. The Hall–Kier alpha value is -2.20. The van der Waals surface area contributed by atoms with E-state index < -0.39 is 5.60 Å². The van der Waals surface area contributed by atoms with Crippen molar-refractivity contribution in [3.8, 4) is 17.2 Å². The number of benzene rings is 2. The van der Waals surface area contributed by atoms with Crippen LogP contribution in [0.2, 0.25) is 0 Å². The molecule has 120 valence electrons. The monoisotopic (exact) mass is 312 g/mol. The van der Waals surface area contributed by atoms with Crippen LogP contribution in [0.3, 0.4) is 0 Å². The Kier molecular flexibility index (Phi) is 3.23. The molecule has 0 saturated carbocycles. The quantitative estimate of drug-likeness (QED) is 0.926. The number of ether oxygens (including phenoxy) is 3. The topological polar surface area (TPSA) is 47.9 Å². The van der Waals surface area contributed by atoms with Gasteiger partial charge in [0.25, 0.3) is 0 Å². The molecule has 4 rings (SSSR count). The zero-order chi connectivity index (χ0) is 16.0. The van der Waals surface area contributed by atoms with Crippen LogP contribution in [0.5, 0.6) is 17.2 Å². The Morgan fingerprint density at radius 2 is 2.00 bits per heavy atom. The first kappa shape index (κ1) is 14.4. The summed E-state index contributed by atoms with van der Waals surface area (Å²) in [5, 5.41) is 11.2. The lowest BCUT2D eigenvalue weighted by atomic mass is 9.67. The van der Waals surface area contributed by atoms with Crippen LogP contribution in [-0.4, -0.2) is 31.5 Å². The van der Waals surface area contributed by atoms with Crippen LogP contribution in [0.25, 0.3) is 0 Å². The molecule has 0 unspecified atom stereocenters. The van der Waals surface area contributed by atoms with Crippen LogP contribution in [0, 0.1) is 0 Å². The second kappa shape index (κ2) is 5.17. The predicted octanol–water partition coefficient (Wildman–Crippen LogP) is 2.91. The van der Waals surface area contributed by atoms with E-state index in [0.29, 0.717) is 17.9 Å². The maximum atomic E-state index is 11.2. The van der Waals surface area contributed by atoms with Crippen molar-refractivity contribution in [3.63, 3.8) is 0 Å². The van der Waals surface area contributed by atoms with Crippen LogP contribution >= 0.6 is 0 Å². The van der Waals surface area contributed by atoms with Crippen molar-refractivity contribution in [2.75, 3.05) is 20.8 Å². The summed E-state index contributed by atoms with van der Waals surface area (Å²) in [6.07, 6.45) is 1.55. The summed E-state index contributed by atoms with van der Waals surface area (Å²) in [5.74, 6) is 1.97. The van der Waals surface area contributed by atoms with Gasteiger partial charge in [-0.1, -0.05) is 24.3 Å². The Morgan fingerprint density at radius 1 is 1.17 bits per heavy atom. The maximum Gasteiger partial charge on any atom is 0.130 e. The lowest BCUT2D eigenvalue weighted by Gasteiger charge is -2.45. The van der Waals surface area contributed by atoms with Crippen LogP contribution in [-0.2, 0) is 6.42 Å². The molecule has 2 atom stereocenters. The summed E-state index contributed by atoms with van der Waals surface area (Å²) in [7, 11) is 3.26. The van der Waals surface area contributed by atoms with Crippen LogP contribution in [0.1, 0.15) is 29.0 Å². The molecule has 2 aromatic carbocycles. The fraction of sp³-hybridized carbons (Fsp3) is 0.368. The van der Waals surface area contributed by atoms with E-state index in [1.54, 1.807) is 14.2 Å². The van der Waals surface area contributed by atoms with E-state index in [1.807, 2.05) is 18.2 Å². The van der Waals surface area contributed by atoms with E-state index in [2.05, 4.69) is 18.2 Å². The first-order valence-electron chi connectivity index (χ1n) is 7.85. The lowest BCUT2D eigenvalue weighted by Crippen LogP contribution is -2.48. The molecular weight excluding hydrogens is 292 g/mol. The third-order valence-corrected chi connectivity index (χ3v) is 5.03.